The summed E-state index contributed by atoms with van der Waals surface area (Å²) in [5.41, 5.74) is 0.541. The lowest BCUT2D eigenvalue weighted by Crippen LogP contribution is -2.53. The highest BCUT2D eigenvalue weighted by molar-refractivity contribution is 14.1. The van der Waals surface area contributed by atoms with Crippen LogP contribution in [0.3, 0.4) is 0 Å². The molecule has 27 heavy (non-hydrogen) atoms. The van der Waals surface area contributed by atoms with E-state index in [9.17, 15) is 14.7 Å². The van der Waals surface area contributed by atoms with Crippen LogP contribution in [0.5, 0.6) is 5.75 Å². The summed E-state index contributed by atoms with van der Waals surface area (Å²) in [7, 11) is 0. The molecule has 0 saturated heterocycles. The summed E-state index contributed by atoms with van der Waals surface area (Å²) in [6.45, 7) is 4.99. The minimum absolute atomic E-state index is 0.102. The van der Waals surface area contributed by atoms with Crippen LogP contribution in [0, 0.1) is 3.57 Å². The van der Waals surface area contributed by atoms with Crippen molar-refractivity contribution in [3.05, 3.63) is 61.7 Å². The average Bonchev–Trinajstić information content (AvgIpc) is 2.59. The van der Waals surface area contributed by atoms with Gasteiger partial charge in [0.05, 0.1) is 9.61 Å². The van der Waals surface area contributed by atoms with Crippen molar-refractivity contribution in [2.24, 2.45) is 0 Å². The van der Waals surface area contributed by atoms with Crippen LogP contribution in [-0.2, 0) is 0 Å². The topological polar surface area (TPSA) is 75.6 Å². The van der Waals surface area contributed by atoms with E-state index < -0.39 is 17.7 Å². The highest BCUT2D eigenvalue weighted by Gasteiger charge is 2.44. The van der Waals surface area contributed by atoms with Crippen LogP contribution in [0.15, 0.2) is 36.4 Å². The van der Waals surface area contributed by atoms with E-state index in [1.807, 2.05) is 0 Å². The van der Waals surface area contributed by atoms with Crippen molar-refractivity contribution in [2.75, 3.05) is 0 Å². The predicted octanol–water partition coefficient (Wildman–Crippen LogP) is 4.15. The van der Waals surface area contributed by atoms with Gasteiger partial charge >= 0.3 is 0 Å². The third kappa shape index (κ3) is 3.97. The summed E-state index contributed by atoms with van der Waals surface area (Å²) < 4.78 is 6.74. The Kier molecular flexibility index (Phi) is 5.52. The second-order valence-electron chi connectivity index (χ2n) is 7.04. The van der Waals surface area contributed by atoms with Crippen molar-refractivity contribution in [1.82, 2.24) is 5.32 Å². The third-order valence-corrected chi connectivity index (χ3v) is 5.62. The first kappa shape index (κ1) is 20.1. The number of fused-ring (bicyclic) bond motifs is 1. The Labute approximate surface area is 176 Å². The van der Waals surface area contributed by atoms with Crippen LogP contribution in [0.25, 0.3) is 0 Å². The smallest absolute Gasteiger partial charge is 0.251 e. The molecule has 1 amide bonds. The Morgan fingerprint density at radius 2 is 1.93 bits per heavy atom. The molecular formula is C20H19ClINO4. The second-order valence-corrected chi connectivity index (χ2v) is 8.64. The maximum absolute atomic E-state index is 12.7. The zero-order valence-corrected chi connectivity index (χ0v) is 18.0. The lowest BCUT2D eigenvalue weighted by atomic mass is 9.85. The Bertz CT molecular complexity index is 928. The molecular weight excluding hydrogens is 481 g/mol. The molecule has 0 unspecified atom stereocenters. The van der Waals surface area contributed by atoms with Gasteiger partial charge < -0.3 is 15.2 Å². The maximum Gasteiger partial charge on any atom is 0.251 e. The van der Waals surface area contributed by atoms with Gasteiger partial charge in [-0.1, -0.05) is 17.7 Å². The van der Waals surface area contributed by atoms with Crippen molar-refractivity contribution in [2.45, 2.75) is 38.5 Å². The van der Waals surface area contributed by atoms with E-state index in [-0.39, 0.29) is 11.7 Å². The monoisotopic (exact) mass is 499 g/mol. The van der Waals surface area contributed by atoms with Gasteiger partial charge in [-0.15, -0.1) is 0 Å². The number of aliphatic hydroxyl groups excluding tert-OH is 1. The number of ether oxygens (including phenoxy) is 1. The SMILES string of the molecule is CC(=O)c1cc(I)c2c(c1)[C@H](NC(=O)c1cccc(Cl)c1)[C@@H](O)C(C)(C)O2. The van der Waals surface area contributed by atoms with Gasteiger partial charge in [0.1, 0.15) is 17.5 Å². The van der Waals surface area contributed by atoms with E-state index in [0.29, 0.717) is 27.5 Å². The first-order valence-corrected chi connectivity index (χ1v) is 9.83. The van der Waals surface area contributed by atoms with E-state index in [2.05, 4.69) is 27.9 Å². The summed E-state index contributed by atoms with van der Waals surface area (Å²) in [6.07, 6.45) is -1.01. The maximum atomic E-state index is 12.7. The number of ketones is 1. The molecule has 3 rings (SSSR count). The van der Waals surface area contributed by atoms with Crippen molar-refractivity contribution < 1.29 is 19.4 Å². The minimum Gasteiger partial charge on any atom is -0.484 e. The number of carbonyl (C=O) groups excluding carboxylic acids is 2. The summed E-state index contributed by atoms with van der Waals surface area (Å²) in [4.78, 5) is 24.6. The van der Waals surface area contributed by atoms with Gasteiger partial charge in [0, 0.05) is 21.7 Å². The predicted molar refractivity (Wildman–Crippen MR) is 112 cm³/mol. The number of halogens is 2. The lowest BCUT2D eigenvalue weighted by Gasteiger charge is -2.42. The summed E-state index contributed by atoms with van der Waals surface area (Å²) in [6, 6.07) is 9.25. The van der Waals surface area contributed by atoms with Crippen LogP contribution in [0.1, 0.15) is 53.1 Å². The Hall–Kier alpha value is -1.64. The zero-order chi connectivity index (χ0) is 19.9. The zero-order valence-electron chi connectivity index (χ0n) is 15.0. The fourth-order valence-corrected chi connectivity index (χ4v) is 4.01. The molecule has 2 aromatic carbocycles. The van der Waals surface area contributed by atoms with Crippen LogP contribution in [-0.4, -0.2) is 28.5 Å². The van der Waals surface area contributed by atoms with Crippen molar-refractivity contribution in [3.8, 4) is 5.75 Å². The first-order chi connectivity index (χ1) is 12.6. The molecule has 2 N–H and O–H groups in total. The molecule has 2 atom stereocenters. The number of benzene rings is 2. The lowest BCUT2D eigenvalue weighted by molar-refractivity contribution is -0.0633. The van der Waals surface area contributed by atoms with E-state index in [1.54, 1.807) is 50.2 Å². The van der Waals surface area contributed by atoms with Gasteiger partial charge in [-0.25, -0.2) is 0 Å². The number of hydrogen-bond donors (Lipinski definition) is 2. The van der Waals surface area contributed by atoms with E-state index in [1.165, 1.54) is 6.92 Å². The number of amides is 1. The van der Waals surface area contributed by atoms with Gasteiger partial charge in [0.15, 0.2) is 5.78 Å². The number of nitrogens with one attached hydrogen (secondary N) is 1. The summed E-state index contributed by atoms with van der Waals surface area (Å²) >= 11 is 8.07. The normalized spacial score (nSPS) is 20.4. The molecule has 2 aromatic rings. The average molecular weight is 500 g/mol. The molecule has 5 nitrogen and oxygen atoms in total. The summed E-state index contributed by atoms with van der Waals surface area (Å²) in [5.74, 6) is 0.0932. The van der Waals surface area contributed by atoms with Crippen molar-refractivity contribution in [3.63, 3.8) is 0 Å². The van der Waals surface area contributed by atoms with Gasteiger partial charge in [0.25, 0.3) is 5.91 Å². The van der Waals surface area contributed by atoms with Crippen molar-refractivity contribution in [1.29, 1.82) is 0 Å². The van der Waals surface area contributed by atoms with Gasteiger partial charge in [-0.3, -0.25) is 9.59 Å². The van der Waals surface area contributed by atoms with Gasteiger partial charge in [0.2, 0.25) is 0 Å². The molecule has 0 fully saturated rings. The van der Waals surface area contributed by atoms with Crippen LogP contribution in [0.4, 0.5) is 0 Å². The molecule has 0 bridgehead atoms. The molecule has 1 aliphatic rings. The minimum atomic E-state index is -1.01. The van der Waals surface area contributed by atoms with E-state index in [0.717, 1.165) is 3.57 Å². The standard InChI is InChI=1S/C20H19ClINO4/c1-10(24)12-8-14-16(23-19(26)11-5-4-6-13(21)7-11)18(25)20(2,3)27-17(14)15(22)9-12/h4-9,16,18,25H,1-3H3,(H,23,26)/t16-,18+/m0/s1. The highest BCUT2D eigenvalue weighted by Crippen LogP contribution is 2.43. The largest absolute Gasteiger partial charge is 0.484 e. The van der Waals surface area contributed by atoms with Crippen LogP contribution >= 0.6 is 34.2 Å². The molecule has 0 radical (unpaired) electrons. The van der Waals surface area contributed by atoms with Crippen LogP contribution in [0.2, 0.25) is 5.02 Å². The Morgan fingerprint density at radius 3 is 2.56 bits per heavy atom. The summed E-state index contributed by atoms with van der Waals surface area (Å²) in [5, 5.41) is 14.2. The second kappa shape index (κ2) is 7.41. The number of rotatable bonds is 3. The highest BCUT2D eigenvalue weighted by atomic mass is 127. The molecule has 0 aliphatic carbocycles. The van der Waals surface area contributed by atoms with Crippen molar-refractivity contribution >= 4 is 45.9 Å². The number of carbonyl (C=O) groups is 2. The van der Waals surface area contributed by atoms with E-state index in [4.69, 9.17) is 16.3 Å². The number of hydrogen-bond acceptors (Lipinski definition) is 4. The number of aliphatic hydroxyl groups is 1. The quantitative estimate of drug-likeness (QED) is 0.491. The fourth-order valence-electron chi connectivity index (χ4n) is 3.06. The molecule has 142 valence electrons. The number of Topliss-reactive ketones (excluding diaryl/α,β-unsaturated/α-hetero) is 1. The molecule has 0 spiro atoms. The molecule has 0 saturated carbocycles. The first-order valence-electron chi connectivity index (χ1n) is 8.38. The van der Waals surface area contributed by atoms with Gasteiger partial charge in [-0.2, -0.15) is 0 Å². The fraction of sp³-hybridized carbons (Fsp3) is 0.300. The molecule has 1 aliphatic heterocycles. The molecule has 0 aromatic heterocycles. The molecule has 1 heterocycles. The Morgan fingerprint density at radius 1 is 1.22 bits per heavy atom. The molecule has 7 heteroatoms. The van der Waals surface area contributed by atoms with E-state index >= 15 is 0 Å². The third-order valence-electron chi connectivity index (χ3n) is 4.58. The van der Waals surface area contributed by atoms with Gasteiger partial charge in [-0.05, 0) is 73.7 Å². The Balaban J connectivity index is 2.06. The van der Waals surface area contributed by atoms with Crippen LogP contribution < -0.4 is 10.1 Å².